The van der Waals surface area contributed by atoms with E-state index in [-0.39, 0.29) is 11.8 Å². The van der Waals surface area contributed by atoms with Crippen LogP contribution in [0.25, 0.3) is 10.4 Å². The van der Waals surface area contributed by atoms with Crippen LogP contribution in [-0.4, -0.2) is 48.8 Å². The Morgan fingerprint density at radius 1 is 1.00 bits per heavy atom. The summed E-state index contributed by atoms with van der Waals surface area (Å²) in [4.78, 5) is 30.9. The monoisotopic (exact) mass is 418 g/mol. The topological polar surface area (TPSA) is 40.6 Å². The Kier molecular flexibility index (Phi) is 5.73. The van der Waals surface area contributed by atoms with Crippen molar-refractivity contribution in [2.24, 2.45) is 5.41 Å². The summed E-state index contributed by atoms with van der Waals surface area (Å²) in [6, 6.07) is 21.9. The Hall–Kier alpha value is -2.92. The lowest BCUT2D eigenvalue weighted by Crippen LogP contribution is -2.44. The van der Waals surface area contributed by atoms with E-state index in [1.165, 1.54) is 10.4 Å². The third kappa shape index (κ3) is 4.03. The van der Waals surface area contributed by atoms with Gasteiger partial charge in [-0.3, -0.25) is 9.59 Å². The van der Waals surface area contributed by atoms with Crippen molar-refractivity contribution >= 4 is 23.2 Å². The number of hydrogen-bond donors (Lipinski definition) is 0. The maximum absolute atomic E-state index is 13.2. The van der Waals surface area contributed by atoms with Crippen molar-refractivity contribution in [3.8, 4) is 10.4 Å². The average molecular weight is 419 g/mol. The second-order valence-electron chi connectivity index (χ2n) is 8.17. The number of carbonyl (C=O) groups is 2. The normalized spacial score (nSPS) is 18.4. The molecule has 5 heteroatoms. The maximum atomic E-state index is 13.2. The molecule has 4 rings (SSSR count). The number of likely N-dealkylation sites (tertiary alicyclic amines) is 1. The number of hydrogen-bond acceptors (Lipinski definition) is 3. The van der Waals surface area contributed by atoms with Gasteiger partial charge in [0, 0.05) is 37.6 Å². The molecule has 3 aromatic rings. The van der Waals surface area contributed by atoms with E-state index in [0.717, 1.165) is 5.56 Å². The molecule has 154 valence electrons. The first kappa shape index (κ1) is 20.4. The molecule has 1 aliphatic rings. The molecule has 0 bridgehead atoms. The highest BCUT2D eigenvalue weighted by Crippen LogP contribution is 2.37. The number of carbonyl (C=O) groups excluding carboxylic acids is 2. The largest absolute Gasteiger partial charge is 0.348 e. The summed E-state index contributed by atoms with van der Waals surface area (Å²) < 4.78 is 0. The molecule has 1 aliphatic heterocycles. The molecule has 0 unspecified atom stereocenters. The van der Waals surface area contributed by atoms with Gasteiger partial charge in [-0.1, -0.05) is 48.5 Å². The Morgan fingerprint density at radius 3 is 2.37 bits per heavy atom. The van der Waals surface area contributed by atoms with Crippen molar-refractivity contribution in [1.82, 2.24) is 9.80 Å². The van der Waals surface area contributed by atoms with Gasteiger partial charge in [0.15, 0.2) is 0 Å². The van der Waals surface area contributed by atoms with Crippen LogP contribution in [0, 0.1) is 5.41 Å². The van der Waals surface area contributed by atoms with Crippen LogP contribution in [-0.2, 0) is 11.2 Å². The van der Waals surface area contributed by atoms with Gasteiger partial charge in [-0.15, -0.1) is 11.3 Å². The molecule has 0 spiro atoms. The fourth-order valence-electron chi connectivity index (χ4n) is 4.30. The molecule has 1 atom stereocenters. The van der Waals surface area contributed by atoms with Gasteiger partial charge in [-0.25, -0.2) is 0 Å². The second-order valence-corrected chi connectivity index (χ2v) is 9.12. The fraction of sp³-hybridized carbons (Fsp3) is 0.280. The predicted molar refractivity (Wildman–Crippen MR) is 122 cm³/mol. The van der Waals surface area contributed by atoms with E-state index in [1.807, 2.05) is 35.2 Å². The summed E-state index contributed by atoms with van der Waals surface area (Å²) in [5.41, 5.74) is 2.40. The molecule has 1 fully saturated rings. The minimum absolute atomic E-state index is 0.00271. The van der Waals surface area contributed by atoms with Crippen LogP contribution < -0.4 is 0 Å². The molecule has 4 nitrogen and oxygen atoms in total. The van der Waals surface area contributed by atoms with Crippen molar-refractivity contribution in [1.29, 1.82) is 0 Å². The quantitative estimate of drug-likeness (QED) is 0.609. The lowest BCUT2D eigenvalue weighted by Gasteiger charge is -2.31. The zero-order valence-corrected chi connectivity index (χ0v) is 18.2. The molecule has 1 aromatic heterocycles. The van der Waals surface area contributed by atoms with Gasteiger partial charge in [0.25, 0.3) is 5.91 Å². The highest BCUT2D eigenvalue weighted by Gasteiger charge is 2.46. The first-order valence-electron chi connectivity index (χ1n) is 10.2. The van der Waals surface area contributed by atoms with Crippen LogP contribution in [0.3, 0.4) is 0 Å². The molecule has 0 radical (unpaired) electrons. The number of rotatable bonds is 5. The molecule has 0 saturated carbocycles. The zero-order chi connectivity index (χ0) is 21.1. The van der Waals surface area contributed by atoms with Gasteiger partial charge in [0.1, 0.15) is 0 Å². The van der Waals surface area contributed by atoms with Crippen molar-refractivity contribution in [2.45, 2.75) is 12.8 Å². The van der Waals surface area contributed by atoms with E-state index < -0.39 is 5.41 Å². The molecular formula is C25H26N2O2S. The highest BCUT2D eigenvalue weighted by atomic mass is 32.1. The van der Waals surface area contributed by atoms with Gasteiger partial charge in [-0.05, 0) is 47.5 Å². The average Bonchev–Trinajstić information content (AvgIpc) is 3.45. The first-order valence-corrected chi connectivity index (χ1v) is 11.1. The Bertz CT molecular complexity index is 1010. The summed E-state index contributed by atoms with van der Waals surface area (Å²) in [6.07, 6.45) is 1.31. The van der Waals surface area contributed by atoms with Crippen LogP contribution in [0.1, 0.15) is 22.3 Å². The van der Waals surface area contributed by atoms with E-state index >= 15 is 0 Å². The lowest BCUT2D eigenvalue weighted by atomic mass is 9.79. The molecule has 2 heterocycles. The Morgan fingerprint density at radius 2 is 1.73 bits per heavy atom. The van der Waals surface area contributed by atoms with Crippen LogP contribution in [0.2, 0.25) is 0 Å². The standard InChI is InChI=1S/C25H26N2O2S/c1-26(2)24(29)25(14-15-27(18-25)23(28)21-7-4-3-5-8-21)17-19-10-12-20(13-11-19)22-9-6-16-30-22/h3-13,16H,14-15,17-18H2,1-2H3/t25-/m0/s1. The molecule has 0 aliphatic carbocycles. The van der Waals surface area contributed by atoms with Crippen LogP contribution in [0.15, 0.2) is 72.1 Å². The molecule has 2 aromatic carbocycles. The number of thiophene rings is 1. The minimum Gasteiger partial charge on any atom is -0.348 e. The molecule has 1 saturated heterocycles. The van der Waals surface area contributed by atoms with Crippen molar-refractivity contribution in [3.63, 3.8) is 0 Å². The molecule has 30 heavy (non-hydrogen) atoms. The molecular weight excluding hydrogens is 392 g/mol. The van der Waals surface area contributed by atoms with Crippen molar-refractivity contribution in [2.75, 3.05) is 27.2 Å². The Labute approximate surface area is 181 Å². The summed E-state index contributed by atoms with van der Waals surface area (Å²) in [7, 11) is 3.59. The van der Waals surface area contributed by atoms with E-state index in [9.17, 15) is 9.59 Å². The molecule has 2 amide bonds. The molecule has 0 N–H and O–H groups in total. The zero-order valence-electron chi connectivity index (χ0n) is 17.4. The SMILES string of the molecule is CN(C)C(=O)[C@]1(Cc2ccc(-c3cccs3)cc2)CCN(C(=O)c2ccccc2)C1. The summed E-state index contributed by atoms with van der Waals surface area (Å²) in [5.74, 6) is 0.0882. The van der Waals surface area contributed by atoms with E-state index in [2.05, 4.69) is 41.8 Å². The number of amides is 2. The van der Waals surface area contributed by atoms with Gasteiger partial charge in [0.2, 0.25) is 5.91 Å². The van der Waals surface area contributed by atoms with E-state index in [4.69, 9.17) is 0 Å². The van der Waals surface area contributed by atoms with Crippen LogP contribution in [0.4, 0.5) is 0 Å². The third-order valence-electron chi connectivity index (χ3n) is 5.82. The van der Waals surface area contributed by atoms with Gasteiger partial charge >= 0.3 is 0 Å². The van der Waals surface area contributed by atoms with Gasteiger partial charge in [-0.2, -0.15) is 0 Å². The highest BCUT2D eigenvalue weighted by molar-refractivity contribution is 7.13. The van der Waals surface area contributed by atoms with Gasteiger partial charge in [0.05, 0.1) is 5.41 Å². The number of nitrogens with zero attached hydrogens (tertiary/aromatic N) is 2. The summed E-state index contributed by atoms with van der Waals surface area (Å²) >= 11 is 1.72. The first-order chi connectivity index (χ1) is 14.5. The minimum atomic E-state index is -0.585. The van der Waals surface area contributed by atoms with Gasteiger partial charge < -0.3 is 9.80 Å². The smallest absolute Gasteiger partial charge is 0.253 e. The number of benzene rings is 2. The van der Waals surface area contributed by atoms with E-state index in [1.54, 1.807) is 30.3 Å². The van der Waals surface area contributed by atoms with Crippen molar-refractivity contribution < 1.29 is 9.59 Å². The second kappa shape index (κ2) is 8.44. The van der Waals surface area contributed by atoms with E-state index in [0.29, 0.717) is 31.5 Å². The summed E-state index contributed by atoms with van der Waals surface area (Å²) in [5, 5.41) is 2.07. The van der Waals surface area contributed by atoms with Crippen LogP contribution in [0.5, 0.6) is 0 Å². The lowest BCUT2D eigenvalue weighted by molar-refractivity contribution is -0.138. The van der Waals surface area contributed by atoms with Crippen LogP contribution >= 0.6 is 11.3 Å². The predicted octanol–water partition coefficient (Wildman–Crippen LogP) is 4.58. The third-order valence-corrected chi connectivity index (χ3v) is 6.74. The maximum Gasteiger partial charge on any atom is 0.253 e. The fourth-order valence-corrected chi connectivity index (χ4v) is 5.03. The Balaban J connectivity index is 1.56. The summed E-state index contributed by atoms with van der Waals surface area (Å²) in [6.45, 7) is 1.05. The van der Waals surface area contributed by atoms with Crippen molar-refractivity contribution in [3.05, 3.63) is 83.2 Å².